The second-order valence-corrected chi connectivity index (χ2v) is 5.08. The third-order valence-electron chi connectivity index (χ3n) is 2.69. The Kier molecular flexibility index (Phi) is 5.84. The van der Waals surface area contributed by atoms with Crippen molar-refractivity contribution in [3.63, 3.8) is 0 Å². The van der Waals surface area contributed by atoms with Gasteiger partial charge in [-0.25, -0.2) is 0 Å². The van der Waals surface area contributed by atoms with E-state index in [1.54, 1.807) is 31.2 Å². The van der Waals surface area contributed by atoms with Crippen molar-refractivity contribution in [3.05, 3.63) is 41.5 Å². The summed E-state index contributed by atoms with van der Waals surface area (Å²) in [4.78, 5) is 34.6. The van der Waals surface area contributed by atoms with Crippen LogP contribution in [0, 0.1) is 0 Å². The minimum absolute atomic E-state index is 0.0173. The van der Waals surface area contributed by atoms with Crippen molar-refractivity contribution in [2.24, 2.45) is 0 Å². The van der Waals surface area contributed by atoms with Crippen molar-refractivity contribution >= 4 is 23.3 Å². The van der Waals surface area contributed by atoms with Gasteiger partial charge in [0.25, 0.3) is 5.91 Å². The quantitative estimate of drug-likeness (QED) is 0.645. The van der Waals surface area contributed by atoms with Gasteiger partial charge in [-0.2, -0.15) is 0 Å². The molecule has 0 atom stereocenters. The molecular weight excluding hydrogens is 268 g/mol. The third kappa shape index (κ3) is 5.60. The van der Waals surface area contributed by atoms with E-state index in [9.17, 15) is 14.4 Å². The minimum Gasteiger partial charge on any atom is -0.350 e. The Morgan fingerprint density at radius 1 is 1.05 bits per heavy atom. The average molecular weight is 288 g/mol. The molecule has 0 radical (unpaired) electrons. The summed E-state index contributed by atoms with van der Waals surface area (Å²) in [6.45, 7) is 6.74. The molecule has 21 heavy (non-hydrogen) atoms. The first-order valence-electron chi connectivity index (χ1n) is 6.70. The summed E-state index contributed by atoms with van der Waals surface area (Å²) in [5.41, 5.74) is 1.46. The number of hydrogen-bond donors (Lipinski definition) is 2. The Balaban J connectivity index is 2.69. The molecule has 0 aliphatic heterocycles. The fraction of sp³-hybridized carbons (Fsp3) is 0.312. The molecule has 0 aliphatic carbocycles. The van der Waals surface area contributed by atoms with Crippen LogP contribution in [0.15, 0.2) is 35.9 Å². The summed E-state index contributed by atoms with van der Waals surface area (Å²) >= 11 is 0. The number of rotatable bonds is 5. The molecule has 0 fully saturated rings. The molecule has 0 heterocycles. The molecule has 0 aromatic heterocycles. The summed E-state index contributed by atoms with van der Waals surface area (Å²) in [5.74, 6) is -0.691. The van der Waals surface area contributed by atoms with Crippen LogP contribution in [-0.2, 0) is 9.59 Å². The average Bonchev–Trinajstić information content (AvgIpc) is 2.38. The van der Waals surface area contributed by atoms with Crippen molar-refractivity contribution in [1.29, 1.82) is 0 Å². The first-order chi connectivity index (χ1) is 9.79. The number of benzene rings is 1. The third-order valence-corrected chi connectivity index (χ3v) is 2.69. The van der Waals surface area contributed by atoms with Gasteiger partial charge >= 0.3 is 0 Å². The van der Waals surface area contributed by atoms with Crippen LogP contribution in [0.5, 0.6) is 0 Å². The Labute approximate surface area is 124 Å². The Bertz CT molecular complexity index is 572. The van der Waals surface area contributed by atoms with Crippen LogP contribution in [0.4, 0.5) is 5.69 Å². The van der Waals surface area contributed by atoms with Crippen LogP contribution in [0.2, 0.25) is 0 Å². The molecule has 0 bridgehead atoms. The molecule has 112 valence electrons. The molecule has 0 saturated heterocycles. The van der Waals surface area contributed by atoms with Crippen LogP contribution in [0.1, 0.15) is 38.1 Å². The van der Waals surface area contributed by atoms with E-state index in [1.165, 1.54) is 13.0 Å². The molecular formula is C16H20N2O3. The summed E-state index contributed by atoms with van der Waals surface area (Å²) in [5, 5.41) is 5.35. The van der Waals surface area contributed by atoms with Gasteiger partial charge in [-0.05, 0) is 52.0 Å². The zero-order valence-electron chi connectivity index (χ0n) is 12.7. The molecule has 0 unspecified atom stereocenters. The SMILES string of the molecule is CC(=O)c1ccc(NC(=O)/C(C)=C\C(=O)NC(C)C)cc1. The van der Waals surface area contributed by atoms with Gasteiger partial charge in [-0.1, -0.05) is 0 Å². The van der Waals surface area contributed by atoms with E-state index < -0.39 is 0 Å². The zero-order chi connectivity index (χ0) is 16.0. The van der Waals surface area contributed by atoms with Crippen LogP contribution in [0.25, 0.3) is 0 Å². The predicted molar refractivity (Wildman–Crippen MR) is 82.1 cm³/mol. The van der Waals surface area contributed by atoms with Gasteiger partial charge in [0.2, 0.25) is 5.91 Å². The summed E-state index contributed by atoms with van der Waals surface area (Å²) in [7, 11) is 0. The highest BCUT2D eigenvalue weighted by Gasteiger charge is 2.08. The van der Waals surface area contributed by atoms with Crippen molar-refractivity contribution in [3.8, 4) is 0 Å². The lowest BCUT2D eigenvalue weighted by atomic mass is 10.1. The molecule has 5 nitrogen and oxygen atoms in total. The molecule has 2 N–H and O–H groups in total. The fourth-order valence-electron chi connectivity index (χ4n) is 1.61. The standard InChI is InChI=1S/C16H20N2O3/c1-10(2)17-15(20)9-11(3)16(21)18-14-7-5-13(6-8-14)12(4)19/h5-10H,1-4H3,(H,17,20)(H,18,21)/b11-9-. The van der Waals surface area contributed by atoms with E-state index >= 15 is 0 Å². The van der Waals surface area contributed by atoms with E-state index in [0.717, 1.165) is 0 Å². The summed E-state index contributed by atoms with van der Waals surface area (Å²) in [6.07, 6.45) is 1.26. The van der Waals surface area contributed by atoms with E-state index in [1.807, 2.05) is 13.8 Å². The van der Waals surface area contributed by atoms with E-state index in [2.05, 4.69) is 10.6 Å². The van der Waals surface area contributed by atoms with Gasteiger partial charge < -0.3 is 10.6 Å². The van der Waals surface area contributed by atoms with E-state index in [4.69, 9.17) is 0 Å². The van der Waals surface area contributed by atoms with Gasteiger partial charge in [0, 0.05) is 28.9 Å². The monoisotopic (exact) mass is 288 g/mol. The number of carbonyl (C=O) groups excluding carboxylic acids is 3. The second kappa shape index (κ2) is 7.38. The Hall–Kier alpha value is -2.43. The molecule has 5 heteroatoms. The Morgan fingerprint density at radius 3 is 2.10 bits per heavy atom. The number of nitrogens with one attached hydrogen (secondary N) is 2. The summed E-state index contributed by atoms with van der Waals surface area (Å²) in [6, 6.07) is 6.60. The van der Waals surface area contributed by atoms with E-state index in [0.29, 0.717) is 16.8 Å². The van der Waals surface area contributed by atoms with Crippen molar-refractivity contribution in [1.82, 2.24) is 5.32 Å². The van der Waals surface area contributed by atoms with Gasteiger partial charge in [0.1, 0.15) is 0 Å². The molecule has 0 spiro atoms. The molecule has 1 rings (SSSR count). The van der Waals surface area contributed by atoms with Crippen LogP contribution in [0.3, 0.4) is 0 Å². The maximum atomic E-state index is 11.9. The highest BCUT2D eigenvalue weighted by Crippen LogP contribution is 2.11. The molecule has 1 aromatic carbocycles. The number of Topliss-reactive ketones (excluding diaryl/α,β-unsaturated/α-hetero) is 1. The van der Waals surface area contributed by atoms with Crippen LogP contribution >= 0.6 is 0 Å². The first kappa shape index (κ1) is 16.6. The van der Waals surface area contributed by atoms with Crippen molar-refractivity contribution in [2.45, 2.75) is 33.7 Å². The molecule has 2 amide bonds. The number of carbonyl (C=O) groups is 3. The van der Waals surface area contributed by atoms with Gasteiger partial charge in [0.05, 0.1) is 0 Å². The normalized spacial score (nSPS) is 11.2. The lowest BCUT2D eigenvalue weighted by Crippen LogP contribution is -2.29. The number of ketones is 1. The first-order valence-corrected chi connectivity index (χ1v) is 6.70. The topological polar surface area (TPSA) is 75.3 Å². The summed E-state index contributed by atoms with van der Waals surface area (Å²) < 4.78 is 0. The highest BCUT2D eigenvalue weighted by molar-refractivity contribution is 6.07. The second-order valence-electron chi connectivity index (χ2n) is 5.08. The van der Waals surface area contributed by atoms with Gasteiger partial charge in [0.15, 0.2) is 5.78 Å². The lowest BCUT2D eigenvalue weighted by molar-refractivity contribution is -0.118. The number of hydrogen-bond acceptors (Lipinski definition) is 3. The van der Waals surface area contributed by atoms with Crippen molar-refractivity contribution in [2.75, 3.05) is 5.32 Å². The fourth-order valence-corrected chi connectivity index (χ4v) is 1.61. The maximum absolute atomic E-state index is 11.9. The molecule has 1 aromatic rings. The van der Waals surface area contributed by atoms with Gasteiger partial charge in [-0.15, -0.1) is 0 Å². The predicted octanol–water partition coefficient (Wildman–Crippen LogP) is 2.30. The maximum Gasteiger partial charge on any atom is 0.251 e. The zero-order valence-corrected chi connectivity index (χ0v) is 12.7. The van der Waals surface area contributed by atoms with E-state index in [-0.39, 0.29) is 23.6 Å². The lowest BCUT2D eigenvalue weighted by Gasteiger charge is -2.08. The smallest absolute Gasteiger partial charge is 0.251 e. The van der Waals surface area contributed by atoms with Gasteiger partial charge in [-0.3, -0.25) is 14.4 Å². The van der Waals surface area contributed by atoms with Crippen LogP contribution < -0.4 is 10.6 Å². The molecule has 0 aliphatic rings. The highest BCUT2D eigenvalue weighted by atomic mass is 16.2. The van der Waals surface area contributed by atoms with Crippen molar-refractivity contribution < 1.29 is 14.4 Å². The molecule has 0 saturated carbocycles. The van der Waals surface area contributed by atoms with Crippen LogP contribution in [-0.4, -0.2) is 23.6 Å². The minimum atomic E-state index is -0.357. The largest absolute Gasteiger partial charge is 0.350 e. The Morgan fingerprint density at radius 2 is 1.62 bits per heavy atom. The number of anilines is 1. The number of amides is 2.